The molecule has 3 rings (SSSR count). The Morgan fingerprint density at radius 2 is 1.62 bits per heavy atom. The molecule has 7 nitrogen and oxygen atoms in total. The number of sulfonamides is 1. The Labute approximate surface area is 212 Å². The van der Waals surface area contributed by atoms with Gasteiger partial charge in [-0.15, -0.1) is 12.4 Å². The van der Waals surface area contributed by atoms with Crippen molar-refractivity contribution in [3.8, 4) is 0 Å². The van der Waals surface area contributed by atoms with Crippen molar-refractivity contribution in [2.24, 2.45) is 0 Å². The van der Waals surface area contributed by atoms with E-state index in [4.69, 9.17) is 4.98 Å². The van der Waals surface area contributed by atoms with Crippen molar-refractivity contribution in [2.75, 3.05) is 45.2 Å². The smallest absolute Gasteiger partial charge is 0.260 e. The van der Waals surface area contributed by atoms with E-state index in [-0.39, 0.29) is 23.2 Å². The van der Waals surface area contributed by atoms with Crippen LogP contribution in [0.1, 0.15) is 35.3 Å². The van der Waals surface area contributed by atoms with Crippen molar-refractivity contribution in [2.45, 2.75) is 32.6 Å². The first-order valence-electron chi connectivity index (χ1n) is 11.0. The second-order valence-electron chi connectivity index (χ2n) is 8.22. The highest BCUT2D eigenvalue weighted by Gasteiger charge is 2.24. The van der Waals surface area contributed by atoms with Gasteiger partial charge in [-0.2, -0.15) is 0 Å². The summed E-state index contributed by atoms with van der Waals surface area (Å²) >= 11 is 1.51. The molecule has 0 bridgehead atoms. The van der Waals surface area contributed by atoms with Crippen molar-refractivity contribution in [1.82, 2.24) is 14.2 Å². The molecule has 0 aliphatic rings. The number of benzene rings is 2. The van der Waals surface area contributed by atoms with Crippen LogP contribution in [0.4, 0.5) is 5.13 Å². The minimum Gasteiger partial charge on any atom is -0.302 e. The van der Waals surface area contributed by atoms with Crippen LogP contribution in [0.2, 0.25) is 0 Å². The third kappa shape index (κ3) is 5.95. The van der Waals surface area contributed by atoms with Crippen molar-refractivity contribution in [3.63, 3.8) is 0 Å². The molecule has 0 spiro atoms. The SMILES string of the molecule is CCN(CC)CCN(C(=O)c1ccc(S(=O)(=O)N(C)C)cc1)c1nc2c(C)cc(C)cc2s1.Cl. The molecule has 1 amide bonds. The fourth-order valence-corrected chi connectivity index (χ4v) is 5.74. The van der Waals surface area contributed by atoms with Crippen LogP contribution in [-0.4, -0.2) is 68.8 Å². The van der Waals surface area contributed by atoms with Gasteiger partial charge in [-0.1, -0.05) is 31.3 Å². The fourth-order valence-electron chi connectivity index (χ4n) is 3.68. The van der Waals surface area contributed by atoms with E-state index in [0.29, 0.717) is 17.2 Å². The quantitative estimate of drug-likeness (QED) is 0.410. The lowest BCUT2D eigenvalue weighted by Gasteiger charge is -2.25. The van der Waals surface area contributed by atoms with Crippen molar-refractivity contribution in [1.29, 1.82) is 0 Å². The zero-order valence-electron chi connectivity index (χ0n) is 20.5. The van der Waals surface area contributed by atoms with Gasteiger partial charge in [0.1, 0.15) is 0 Å². The molecule has 0 saturated heterocycles. The number of thiazole rings is 1. The van der Waals surface area contributed by atoms with Gasteiger partial charge in [0.15, 0.2) is 5.13 Å². The highest BCUT2D eigenvalue weighted by molar-refractivity contribution is 7.89. The van der Waals surface area contributed by atoms with E-state index in [1.165, 1.54) is 37.6 Å². The third-order valence-electron chi connectivity index (χ3n) is 5.71. The van der Waals surface area contributed by atoms with E-state index in [1.54, 1.807) is 17.0 Å². The van der Waals surface area contributed by atoms with E-state index < -0.39 is 10.0 Å². The van der Waals surface area contributed by atoms with Crippen LogP contribution in [-0.2, 0) is 10.0 Å². The molecule has 0 aliphatic heterocycles. The Kier molecular flexibility index (Phi) is 9.62. The van der Waals surface area contributed by atoms with E-state index in [1.807, 2.05) is 6.92 Å². The molecule has 0 fully saturated rings. The molecule has 34 heavy (non-hydrogen) atoms. The van der Waals surface area contributed by atoms with E-state index in [2.05, 4.69) is 37.8 Å². The number of likely N-dealkylation sites (N-methyl/N-ethyl adjacent to an activating group) is 1. The summed E-state index contributed by atoms with van der Waals surface area (Å²) < 4.78 is 27.0. The predicted octanol–water partition coefficient (Wildman–Crippen LogP) is 4.57. The van der Waals surface area contributed by atoms with Crippen molar-refractivity contribution < 1.29 is 13.2 Å². The van der Waals surface area contributed by atoms with E-state index >= 15 is 0 Å². The number of carbonyl (C=O) groups is 1. The van der Waals surface area contributed by atoms with Crippen LogP contribution < -0.4 is 4.90 Å². The predicted molar refractivity (Wildman–Crippen MR) is 143 cm³/mol. The summed E-state index contributed by atoms with van der Waals surface area (Å²) in [6, 6.07) is 10.3. The van der Waals surface area contributed by atoms with E-state index in [0.717, 1.165) is 45.3 Å². The lowest BCUT2D eigenvalue weighted by molar-refractivity contribution is 0.0983. The molecule has 0 aliphatic carbocycles. The average Bonchev–Trinajstić information content (AvgIpc) is 3.20. The first-order chi connectivity index (χ1) is 15.6. The Morgan fingerprint density at radius 3 is 2.18 bits per heavy atom. The van der Waals surface area contributed by atoms with Crippen molar-refractivity contribution in [3.05, 3.63) is 53.1 Å². The largest absolute Gasteiger partial charge is 0.302 e. The van der Waals surface area contributed by atoms with Gasteiger partial charge in [-0.3, -0.25) is 9.69 Å². The number of aryl methyl sites for hydroxylation is 2. The maximum atomic E-state index is 13.6. The summed E-state index contributed by atoms with van der Waals surface area (Å²) in [5, 5.41) is 0.654. The molecular weight excluding hydrogens is 492 g/mol. The maximum Gasteiger partial charge on any atom is 0.260 e. The van der Waals surface area contributed by atoms with Gasteiger partial charge in [0.05, 0.1) is 15.1 Å². The van der Waals surface area contributed by atoms with E-state index in [9.17, 15) is 13.2 Å². The summed E-state index contributed by atoms with van der Waals surface area (Å²) in [5.41, 5.74) is 3.59. The van der Waals surface area contributed by atoms with Crippen LogP contribution in [0.5, 0.6) is 0 Å². The van der Waals surface area contributed by atoms with Crippen LogP contribution in [0.15, 0.2) is 41.3 Å². The number of anilines is 1. The number of fused-ring (bicyclic) bond motifs is 1. The second-order valence-corrected chi connectivity index (χ2v) is 11.4. The number of aromatic nitrogens is 1. The standard InChI is InChI=1S/C24H32N4O3S2.ClH/c1-7-27(8-2)13-14-28(24-25-22-18(4)15-17(3)16-21(22)32-24)23(29)19-9-11-20(12-10-19)33(30,31)26(5)6;/h9-12,15-16H,7-8,13-14H2,1-6H3;1H. The van der Waals surface area contributed by atoms with Gasteiger partial charge in [0.25, 0.3) is 5.91 Å². The zero-order chi connectivity index (χ0) is 24.3. The number of hydrogen-bond donors (Lipinski definition) is 0. The summed E-state index contributed by atoms with van der Waals surface area (Å²) in [5.74, 6) is -0.190. The highest BCUT2D eigenvalue weighted by atomic mass is 35.5. The molecule has 10 heteroatoms. The molecule has 2 aromatic carbocycles. The monoisotopic (exact) mass is 524 g/mol. The molecule has 0 saturated carbocycles. The van der Waals surface area contributed by atoms with Crippen molar-refractivity contribution >= 4 is 55.0 Å². The number of rotatable bonds is 9. The van der Waals surface area contributed by atoms with Gasteiger partial charge in [0, 0.05) is 32.7 Å². The van der Waals surface area contributed by atoms with Crippen LogP contribution in [0.3, 0.4) is 0 Å². The molecule has 0 radical (unpaired) electrons. The average molecular weight is 525 g/mol. The number of nitrogens with zero attached hydrogens (tertiary/aromatic N) is 4. The number of amides is 1. The molecule has 186 valence electrons. The van der Waals surface area contributed by atoms with Gasteiger partial charge in [-0.05, 0) is 68.4 Å². The van der Waals surface area contributed by atoms with Crippen LogP contribution >= 0.6 is 23.7 Å². The topological polar surface area (TPSA) is 73.8 Å². The summed E-state index contributed by atoms with van der Waals surface area (Å²) in [4.78, 5) is 22.5. The molecule has 3 aromatic rings. The summed E-state index contributed by atoms with van der Waals surface area (Å²) in [6.07, 6.45) is 0. The molecule has 1 aromatic heterocycles. The Morgan fingerprint density at radius 1 is 1.00 bits per heavy atom. The third-order valence-corrected chi connectivity index (χ3v) is 8.56. The number of halogens is 1. The normalized spacial score (nSPS) is 11.8. The Bertz CT molecular complexity index is 1240. The first kappa shape index (κ1) is 28.2. The van der Waals surface area contributed by atoms with Gasteiger partial charge < -0.3 is 4.90 Å². The molecular formula is C24H33ClN4O3S2. The fraction of sp³-hybridized carbons (Fsp3) is 0.417. The lowest BCUT2D eigenvalue weighted by atomic mass is 10.1. The first-order valence-corrected chi connectivity index (χ1v) is 13.3. The van der Waals surface area contributed by atoms with Gasteiger partial charge in [-0.25, -0.2) is 17.7 Å². The minimum atomic E-state index is -3.55. The summed E-state index contributed by atoms with van der Waals surface area (Å²) in [7, 11) is -0.582. The van der Waals surface area contributed by atoms with Crippen LogP contribution in [0.25, 0.3) is 10.2 Å². The Balaban J connectivity index is 0.00000408. The molecule has 0 unspecified atom stereocenters. The van der Waals surface area contributed by atoms with Gasteiger partial charge >= 0.3 is 0 Å². The highest BCUT2D eigenvalue weighted by Crippen LogP contribution is 2.32. The summed E-state index contributed by atoms with van der Waals surface area (Å²) in [6.45, 7) is 11.3. The zero-order valence-corrected chi connectivity index (χ0v) is 23.0. The Hall–Kier alpha value is -2.04. The number of hydrogen-bond acceptors (Lipinski definition) is 6. The van der Waals surface area contributed by atoms with Crippen LogP contribution in [0, 0.1) is 13.8 Å². The molecule has 0 N–H and O–H groups in total. The lowest BCUT2D eigenvalue weighted by Crippen LogP contribution is -2.38. The number of carbonyl (C=O) groups excluding carboxylic acids is 1. The minimum absolute atomic E-state index is 0. The maximum absolute atomic E-state index is 13.6. The van der Waals surface area contributed by atoms with Gasteiger partial charge in [0.2, 0.25) is 10.0 Å². The molecule has 0 atom stereocenters. The molecule has 1 heterocycles. The second kappa shape index (κ2) is 11.6.